The van der Waals surface area contributed by atoms with Crippen molar-refractivity contribution in [2.75, 3.05) is 0 Å². The molecule has 25 heavy (non-hydrogen) atoms. The van der Waals surface area contributed by atoms with Gasteiger partial charge in [0.1, 0.15) is 18.4 Å². The van der Waals surface area contributed by atoms with Gasteiger partial charge in [0.05, 0.1) is 5.56 Å². The molecule has 0 fully saturated rings. The summed E-state index contributed by atoms with van der Waals surface area (Å²) in [6, 6.07) is 25.6. The van der Waals surface area contributed by atoms with Crippen molar-refractivity contribution in [1.29, 1.82) is 5.26 Å². The molecule has 2 nitrogen and oxygen atoms in total. The molecule has 0 aromatic heterocycles. The Hall–Kier alpha value is -3.49. The maximum atomic E-state index is 9.25. The van der Waals surface area contributed by atoms with Gasteiger partial charge in [-0.05, 0) is 42.8 Å². The van der Waals surface area contributed by atoms with Crippen LogP contribution in [0.15, 0.2) is 72.8 Å². The van der Waals surface area contributed by atoms with Crippen molar-refractivity contribution >= 4 is 0 Å². The first-order valence-corrected chi connectivity index (χ1v) is 8.05. The molecule has 0 aliphatic heterocycles. The normalized spacial score (nSPS) is 9.60. The van der Waals surface area contributed by atoms with Gasteiger partial charge in [-0.15, -0.1) is 0 Å². The fraction of sp³-hybridized carbons (Fsp3) is 0.0870. The highest BCUT2D eigenvalue weighted by molar-refractivity contribution is 5.48. The van der Waals surface area contributed by atoms with E-state index in [-0.39, 0.29) is 0 Å². The van der Waals surface area contributed by atoms with Gasteiger partial charge in [-0.25, -0.2) is 0 Å². The maximum Gasteiger partial charge on any atom is 0.137 e. The molecule has 0 atom stereocenters. The molecular formula is C23H17NO. The average molecular weight is 323 g/mol. The van der Waals surface area contributed by atoms with Crippen LogP contribution in [0.5, 0.6) is 5.75 Å². The van der Waals surface area contributed by atoms with E-state index in [1.807, 2.05) is 79.7 Å². The van der Waals surface area contributed by atoms with Gasteiger partial charge in [-0.3, -0.25) is 0 Å². The second-order valence-electron chi connectivity index (χ2n) is 5.67. The summed E-state index contributed by atoms with van der Waals surface area (Å²) in [7, 11) is 0. The summed E-state index contributed by atoms with van der Waals surface area (Å²) in [6.07, 6.45) is 0. The molecule has 0 saturated carbocycles. The van der Waals surface area contributed by atoms with E-state index in [0.717, 1.165) is 22.3 Å². The Morgan fingerprint density at radius 2 is 1.60 bits per heavy atom. The Morgan fingerprint density at radius 3 is 2.40 bits per heavy atom. The summed E-state index contributed by atoms with van der Waals surface area (Å²) >= 11 is 0. The largest absolute Gasteiger partial charge is 0.487 e. The topological polar surface area (TPSA) is 33.0 Å². The molecule has 3 rings (SSSR count). The summed E-state index contributed by atoms with van der Waals surface area (Å²) in [5, 5.41) is 9.25. The highest BCUT2D eigenvalue weighted by Crippen LogP contribution is 2.21. The molecule has 3 aromatic rings. The number of hydrogen-bond acceptors (Lipinski definition) is 2. The van der Waals surface area contributed by atoms with Crippen LogP contribution in [-0.2, 0) is 6.61 Å². The first-order valence-electron chi connectivity index (χ1n) is 8.05. The lowest BCUT2D eigenvalue weighted by atomic mass is 10.1. The third-order valence-corrected chi connectivity index (χ3v) is 3.77. The van der Waals surface area contributed by atoms with E-state index in [4.69, 9.17) is 4.74 Å². The first kappa shape index (κ1) is 16.4. The van der Waals surface area contributed by atoms with E-state index >= 15 is 0 Å². The van der Waals surface area contributed by atoms with Gasteiger partial charge in [0.2, 0.25) is 0 Å². The number of hydrogen-bond donors (Lipinski definition) is 0. The highest BCUT2D eigenvalue weighted by atomic mass is 16.5. The lowest BCUT2D eigenvalue weighted by Crippen LogP contribution is -2.00. The smallest absolute Gasteiger partial charge is 0.137 e. The van der Waals surface area contributed by atoms with Gasteiger partial charge in [0, 0.05) is 16.7 Å². The minimum absolute atomic E-state index is 0.372. The zero-order chi connectivity index (χ0) is 17.5. The fourth-order valence-corrected chi connectivity index (χ4v) is 2.44. The van der Waals surface area contributed by atoms with Crippen LogP contribution in [0, 0.1) is 30.1 Å². The Bertz CT molecular complexity index is 972. The quantitative estimate of drug-likeness (QED) is 0.646. The van der Waals surface area contributed by atoms with Gasteiger partial charge in [0.25, 0.3) is 0 Å². The van der Waals surface area contributed by atoms with Crippen molar-refractivity contribution in [2.45, 2.75) is 13.5 Å². The highest BCUT2D eigenvalue weighted by Gasteiger charge is 2.05. The summed E-state index contributed by atoms with van der Waals surface area (Å²) in [4.78, 5) is 0. The van der Waals surface area contributed by atoms with Crippen LogP contribution in [0.3, 0.4) is 0 Å². The van der Waals surface area contributed by atoms with Gasteiger partial charge in [-0.1, -0.05) is 54.3 Å². The number of nitriles is 1. The van der Waals surface area contributed by atoms with Gasteiger partial charge < -0.3 is 4.74 Å². The molecule has 0 amide bonds. The van der Waals surface area contributed by atoms with Crippen LogP contribution in [0.25, 0.3) is 0 Å². The summed E-state index contributed by atoms with van der Waals surface area (Å²) in [6.45, 7) is 2.33. The van der Waals surface area contributed by atoms with Gasteiger partial charge >= 0.3 is 0 Å². The maximum absolute atomic E-state index is 9.25. The molecule has 0 N–H and O–H groups in total. The predicted molar refractivity (Wildman–Crippen MR) is 99.1 cm³/mol. The van der Waals surface area contributed by atoms with E-state index in [1.54, 1.807) is 0 Å². The van der Waals surface area contributed by atoms with Crippen molar-refractivity contribution in [1.82, 2.24) is 0 Å². The zero-order valence-corrected chi connectivity index (χ0v) is 14.0. The third kappa shape index (κ3) is 4.28. The zero-order valence-electron chi connectivity index (χ0n) is 14.0. The average Bonchev–Trinajstić information content (AvgIpc) is 2.66. The van der Waals surface area contributed by atoms with Crippen LogP contribution in [0.2, 0.25) is 0 Å². The Balaban J connectivity index is 1.81. The van der Waals surface area contributed by atoms with Crippen molar-refractivity contribution in [3.05, 3.63) is 101 Å². The van der Waals surface area contributed by atoms with Crippen LogP contribution >= 0.6 is 0 Å². The van der Waals surface area contributed by atoms with Crippen molar-refractivity contribution < 1.29 is 4.74 Å². The molecule has 2 heteroatoms. The van der Waals surface area contributed by atoms with Crippen LogP contribution in [0.4, 0.5) is 0 Å². The van der Waals surface area contributed by atoms with Crippen molar-refractivity contribution in [3.63, 3.8) is 0 Å². The molecule has 0 spiro atoms. The number of nitrogens with zero attached hydrogens (tertiary/aromatic N) is 1. The molecule has 0 radical (unpaired) electrons. The summed E-state index contributed by atoms with van der Waals surface area (Å²) in [5.41, 5.74) is 4.49. The SMILES string of the molecule is Cc1ccc(OCc2ccccc2C#Cc2ccccc2)c(C#N)c1. The lowest BCUT2D eigenvalue weighted by molar-refractivity contribution is 0.305. The molecule has 0 heterocycles. The first-order chi connectivity index (χ1) is 12.3. The molecule has 0 unspecified atom stereocenters. The minimum atomic E-state index is 0.372. The monoisotopic (exact) mass is 323 g/mol. The Kier molecular flexibility index (Phi) is 5.15. The molecule has 3 aromatic carbocycles. The second-order valence-corrected chi connectivity index (χ2v) is 5.67. The molecule has 0 aliphatic carbocycles. The van der Waals surface area contributed by atoms with Crippen LogP contribution in [-0.4, -0.2) is 0 Å². The fourth-order valence-electron chi connectivity index (χ4n) is 2.44. The standard InChI is InChI=1S/C23H17NO/c1-18-11-14-23(22(15-18)16-24)25-17-21-10-6-5-9-20(21)13-12-19-7-3-2-4-8-19/h2-11,14-15H,17H2,1H3. The number of ether oxygens (including phenoxy) is 1. The van der Waals surface area contributed by atoms with Crippen molar-refractivity contribution in [3.8, 4) is 23.7 Å². The molecule has 120 valence electrons. The summed E-state index contributed by atoms with van der Waals surface area (Å²) < 4.78 is 5.87. The molecule has 0 saturated heterocycles. The number of benzene rings is 3. The van der Waals surface area contributed by atoms with E-state index in [9.17, 15) is 5.26 Å². The molecule has 0 aliphatic rings. The van der Waals surface area contributed by atoms with Crippen LogP contribution in [0.1, 0.15) is 27.8 Å². The van der Waals surface area contributed by atoms with Crippen molar-refractivity contribution in [2.24, 2.45) is 0 Å². The van der Waals surface area contributed by atoms with Crippen LogP contribution < -0.4 is 4.74 Å². The third-order valence-electron chi connectivity index (χ3n) is 3.77. The minimum Gasteiger partial charge on any atom is -0.487 e. The molecule has 0 bridgehead atoms. The summed E-state index contributed by atoms with van der Waals surface area (Å²) in [5.74, 6) is 6.98. The Morgan fingerprint density at radius 1 is 0.840 bits per heavy atom. The van der Waals surface area contributed by atoms with Gasteiger partial charge in [0.15, 0.2) is 0 Å². The van der Waals surface area contributed by atoms with E-state index in [1.165, 1.54) is 0 Å². The predicted octanol–water partition coefficient (Wildman–Crippen LogP) is 4.85. The second kappa shape index (κ2) is 7.86. The van der Waals surface area contributed by atoms with E-state index < -0.39 is 0 Å². The Labute approximate surface area is 148 Å². The lowest BCUT2D eigenvalue weighted by Gasteiger charge is -2.10. The number of rotatable bonds is 3. The number of aryl methyl sites for hydroxylation is 1. The van der Waals surface area contributed by atoms with E-state index in [0.29, 0.717) is 17.9 Å². The van der Waals surface area contributed by atoms with Gasteiger partial charge in [-0.2, -0.15) is 5.26 Å². The van der Waals surface area contributed by atoms with E-state index in [2.05, 4.69) is 17.9 Å². The molecular weight excluding hydrogens is 306 g/mol.